The van der Waals surface area contributed by atoms with Gasteiger partial charge in [0.15, 0.2) is 11.5 Å². The number of benzene rings is 2. The molecule has 0 aliphatic rings. The molecule has 1 aromatic heterocycles. The van der Waals surface area contributed by atoms with Crippen molar-refractivity contribution in [1.82, 2.24) is 10.3 Å². The molecule has 0 saturated heterocycles. The van der Waals surface area contributed by atoms with Crippen LogP contribution in [0.4, 0.5) is 4.39 Å². The molecule has 0 bridgehead atoms. The third-order valence-electron chi connectivity index (χ3n) is 4.40. The zero-order valence-corrected chi connectivity index (χ0v) is 15.2. The van der Waals surface area contributed by atoms with E-state index in [1.165, 1.54) is 12.1 Å². The number of fused-ring (bicyclic) bond motifs is 1. The van der Waals surface area contributed by atoms with Crippen LogP contribution in [-0.2, 0) is 13.0 Å². The predicted molar refractivity (Wildman–Crippen MR) is 99.8 cm³/mol. The van der Waals surface area contributed by atoms with Crippen molar-refractivity contribution in [1.29, 1.82) is 0 Å². The molecule has 0 radical (unpaired) electrons. The van der Waals surface area contributed by atoms with E-state index < -0.39 is 0 Å². The Balaban J connectivity index is 1.64. The number of hydrogen-bond acceptors (Lipinski definition) is 4. The van der Waals surface area contributed by atoms with Crippen LogP contribution < -0.4 is 19.5 Å². The van der Waals surface area contributed by atoms with Crippen LogP contribution in [0, 0.1) is 5.82 Å². The maximum atomic E-state index is 13.3. The Morgan fingerprint density at radius 3 is 2.38 bits per heavy atom. The van der Waals surface area contributed by atoms with Gasteiger partial charge in [-0.25, -0.2) is 4.39 Å². The molecule has 2 aromatic carbocycles. The molecule has 5 nitrogen and oxygen atoms in total. The number of halogens is 1. The number of H-pyrrole nitrogens is 1. The van der Waals surface area contributed by atoms with E-state index in [-0.39, 0.29) is 5.82 Å². The molecule has 3 rings (SSSR count). The third-order valence-corrected chi connectivity index (χ3v) is 4.40. The fraction of sp³-hybridized carbons (Fsp3) is 0.300. The number of hydrogen-bond donors (Lipinski definition) is 2. The summed E-state index contributed by atoms with van der Waals surface area (Å²) in [5, 5.41) is 4.47. The average Bonchev–Trinajstić information content (AvgIpc) is 3.06. The monoisotopic (exact) mass is 358 g/mol. The molecule has 2 N–H and O–H groups in total. The minimum absolute atomic E-state index is 0.232. The predicted octanol–water partition coefficient (Wildman–Crippen LogP) is 3.67. The van der Waals surface area contributed by atoms with Gasteiger partial charge in [0.2, 0.25) is 0 Å². The van der Waals surface area contributed by atoms with E-state index in [0.717, 1.165) is 40.7 Å². The van der Waals surface area contributed by atoms with E-state index in [4.69, 9.17) is 14.2 Å². The second-order valence-electron chi connectivity index (χ2n) is 5.95. The molecule has 0 amide bonds. The van der Waals surface area contributed by atoms with Gasteiger partial charge in [-0.3, -0.25) is 0 Å². The highest BCUT2D eigenvalue weighted by Gasteiger charge is 2.11. The summed E-state index contributed by atoms with van der Waals surface area (Å²) in [5.74, 6) is 1.82. The zero-order valence-electron chi connectivity index (χ0n) is 15.2. The molecule has 138 valence electrons. The molecule has 3 aromatic rings. The van der Waals surface area contributed by atoms with Gasteiger partial charge in [0.25, 0.3) is 0 Å². The average molecular weight is 358 g/mol. The lowest BCUT2D eigenvalue weighted by atomic mass is 10.1. The quantitative estimate of drug-likeness (QED) is 0.604. The third kappa shape index (κ3) is 3.75. The Kier molecular flexibility index (Phi) is 5.63. The maximum absolute atomic E-state index is 13.3. The number of rotatable bonds is 8. The summed E-state index contributed by atoms with van der Waals surface area (Å²) < 4.78 is 29.4. The van der Waals surface area contributed by atoms with Crippen LogP contribution >= 0.6 is 0 Å². The highest BCUT2D eigenvalue weighted by Crippen LogP contribution is 2.34. The molecule has 26 heavy (non-hydrogen) atoms. The largest absolute Gasteiger partial charge is 0.496 e. The Bertz CT molecular complexity index is 892. The lowest BCUT2D eigenvalue weighted by Crippen LogP contribution is -2.17. The summed E-state index contributed by atoms with van der Waals surface area (Å²) in [4.78, 5) is 3.12. The summed E-state index contributed by atoms with van der Waals surface area (Å²) in [5.41, 5.74) is 2.97. The normalized spacial score (nSPS) is 10.9. The molecule has 0 atom stereocenters. The first-order chi connectivity index (χ1) is 12.7. The van der Waals surface area contributed by atoms with Crippen LogP contribution in [0.5, 0.6) is 17.2 Å². The second kappa shape index (κ2) is 8.10. The van der Waals surface area contributed by atoms with Gasteiger partial charge in [0.05, 0.1) is 21.3 Å². The molecule has 0 fully saturated rings. The molecule has 0 spiro atoms. The van der Waals surface area contributed by atoms with Crippen molar-refractivity contribution < 1.29 is 18.6 Å². The maximum Gasteiger partial charge on any atom is 0.164 e. The smallest absolute Gasteiger partial charge is 0.164 e. The Morgan fingerprint density at radius 2 is 1.65 bits per heavy atom. The Hall–Kier alpha value is -2.73. The first-order valence-electron chi connectivity index (χ1n) is 8.41. The molecular formula is C20H23FN2O3. The standard InChI is InChI=1S/C20H23FN2O3/c1-24-18-10-20(26-3)19(25-2)8-14(18)11-22-7-6-13-12-23-17-9-15(21)4-5-16(13)17/h4-5,8-10,12,22-23H,6-7,11H2,1-3H3. The van der Waals surface area contributed by atoms with Crippen LogP contribution in [0.3, 0.4) is 0 Å². The molecule has 0 unspecified atom stereocenters. The van der Waals surface area contributed by atoms with Crippen LogP contribution in [0.15, 0.2) is 36.5 Å². The van der Waals surface area contributed by atoms with Crippen molar-refractivity contribution >= 4 is 10.9 Å². The summed E-state index contributed by atoms with van der Waals surface area (Å²) >= 11 is 0. The van der Waals surface area contributed by atoms with Crippen molar-refractivity contribution in [3.8, 4) is 17.2 Å². The molecule has 0 aliphatic carbocycles. The van der Waals surface area contributed by atoms with Gasteiger partial charge in [0.1, 0.15) is 11.6 Å². The van der Waals surface area contributed by atoms with Crippen LogP contribution in [-0.4, -0.2) is 32.9 Å². The molecule has 0 saturated carbocycles. The fourth-order valence-electron chi connectivity index (χ4n) is 3.04. The topological polar surface area (TPSA) is 55.5 Å². The molecular weight excluding hydrogens is 335 g/mol. The van der Waals surface area contributed by atoms with E-state index in [0.29, 0.717) is 18.0 Å². The van der Waals surface area contributed by atoms with Gasteiger partial charge in [-0.05, 0) is 42.8 Å². The Morgan fingerprint density at radius 1 is 0.923 bits per heavy atom. The van der Waals surface area contributed by atoms with Gasteiger partial charge < -0.3 is 24.5 Å². The van der Waals surface area contributed by atoms with E-state index >= 15 is 0 Å². The first-order valence-corrected chi connectivity index (χ1v) is 8.41. The van der Waals surface area contributed by atoms with Gasteiger partial charge in [0, 0.05) is 35.3 Å². The van der Waals surface area contributed by atoms with Crippen LogP contribution in [0.1, 0.15) is 11.1 Å². The summed E-state index contributed by atoms with van der Waals surface area (Å²) in [6, 6.07) is 8.55. The zero-order chi connectivity index (χ0) is 18.5. The van der Waals surface area contributed by atoms with E-state index in [1.807, 2.05) is 24.4 Å². The van der Waals surface area contributed by atoms with E-state index in [2.05, 4.69) is 10.3 Å². The number of nitrogens with one attached hydrogen (secondary N) is 2. The SMILES string of the molecule is COc1cc(OC)c(OC)cc1CNCCc1c[nH]c2cc(F)ccc12. The minimum Gasteiger partial charge on any atom is -0.496 e. The summed E-state index contributed by atoms with van der Waals surface area (Å²) in [6.07, 6.45) is 2.77. The van der Waals surface area contributed by atoms with Gasteiger partial charge >= 0.3 is 0 Å². The van der Waals surface area contributed by atoms with Gasteiger partial charge in [-0.2, -0.15) is 0 Å². The minimum atomic E-state index is -0.232. The van der Waals surface area contributed by atoms with Crippen molar-refractivity contribution in [2.75, 3.05) is 27.9 Å². The summed E-state index contributed by atoms with van der Waals surface area (Å²) in [7, 11) is 4.85. The number of ether oxygens (including phenoxy) is 3. The lowest BCUT2D eigenvalue weighted by Gasteiger charge is -2.14. The van der Waals surface area contributed by atoms with Crippen molar-refractivity contribution in [3.63, 3.8) is 0 Å². The van der Waals surface area contributed by atoms with E-state index in [1.54, 1.807) is 21.3 Å². The van der Waals surface area contributed by atoms with Crippen LogP contribution in [0.25, 0.3) is 10.9 Å². The highest BCUT2D eigenvalue weighted by molar-refractivity contribution is 5.83. The second-order valence-corrected chi connectivity index (χ2v) is 5.95. The Labute approximate surface area is 152 Å². The van der Waals surface area contributed by atoms with Crippen LogP contribution in [0.2, 0.25) is 0 Å². The highest BCUT2D eigenvalue weighted by atomic mass is 19.1. The number of methoxy groups -OCH3 is 3. The number of aromatic amines is 1. The molecule has 0 aliphatic heterocycles. The van der Waals surface area contributed by atoms with Crippen molar-refractivity contribution in [2.45, 2.75) is 13.0 Å². The van der Waals surface area contributed by atoms with Gasteiger partial charge in [-0.1, -0.05) is 0 Å². The molecule has 1 heterocycles. The molecule has 6 heteroatoms. The fourth-order valence-corrected chi connectivity index (χ4v) is 3.04. The number of aromatic nitrogens is 1. The van der Waals surface area contributed by atoms with Crippen molar-refractivity contribution in [3.05, 3.63) is 53.5 Å². The summed E-state index contributed by atoms with van der Waals surface area (Å²) in [6.45, 7) is 1.42. The first kappa shape index (κ1) is 18.1. The lowest BCUT2D eigenvalue weighted by molar-refractivity contribution is 0.347. The van der Waals surface area contributed by atoms with Crippen molar-refractivity contribution in [2.24, 2.45) is 0 Å². The van der Waals surface area contributed by atoms with Gasteiger partial charge in [-0.15, -0.1) is 0 Å². The van der Waals surface area contributed by atoms with E-state index in [9.17, 15) is 4.39 Å².